The second kappa shape index (κ2) is 4.93. The Balaban J connectivity index is 3.15. The Labute approximate surface area is 119 Å². The second-order valence-electron chi connectivity index (χ2n) is 8.04. The summed E-state index contributed by atoms with van der Waals surface area (Å²) in [7, 11) is 0. The molecule has 1 rings (SSSR count). The van der Waals surface area contributed by atoms with Gasteiger partial charge in [-0.15, -0.1) is 12.9 Å². The molecule has 2 nitrogen and oxygen atoms in total. The van der Waals surface area contributed by atoms with Crippen molar-refractivity contribution in [1.29, 1.82) is 0 Å². The van der Waals surface area contributed by atoms with E-state index in [0.29, 0.717) is 0 Å². The molecule has 1 aliphatic heterocycles. The van der Waals surface area contributed by atoms with Crippen molar-refractivity contribution >= 4 is 6.55 Å². The normalized spacial score (nSPS) is 24.4. The van der Waals surface area contributed by atoms with E-state index in [0.717, 1.165) is 24.6 Å². The lowest BCUT2D eigenvalue weighted by Crippen LogP contribution is -2.45. The maximum absolute atomic E-state index is 6.48. The summed E-state index contributed by atoms with van der Waals surface area (Å²) >= 11 is 0. The molecule has 112 valence electrons. The third-order valence-electron chi connectivity index (χ3n) is 4.85. The molecule has 0 atom stereocenters. The van der Waals surface area contributed by atoms with Gasteiger partial charge in [0.15, 0.2) is 0 Å². The molecule has 0 radical (unpaired) electrons. The van der Waals surface area contributed by atoms with Gasteiger partial charge in [-0.05, 0) is 33.1 Å². The van der Waals surface area contributed by atoms with Crippen molar-refractivity contribution in [2.75, 3.05) is 0 Å². The van der Waals surface area contributed by atoms with Crippen LogP contribution >= 0.6 is 0 Å². The molecule has 1 aliphatic rings. The Hall–Kier alpha value is -0.275. The number of allylic oxidation sites excluding steroid dienone is 1. The first-order valence-corrected chi connectivity index (χ1v) is 7.64. The molecule has 0 spiro atoms. The molecule has 0 aliphatic carbocycles. The van der Waals surface area contributed by atoms with Crippen LogP contribution in [0.1, 0.15) is 68.2 Å². The first-order chi connectivity index (χ1) is 8.38. The van der Waals surface area contributed by atoms with Crippen LogP contribution in [0, 0.1) is 5.41 Å². The summed E-state index contributed by atoms with van der Waals surface area (Å²) in [6.45, 7) is 20.2. The molecule has 0 aromatic carbocycles. The predicted octanol–water partition coefficient (Wildman–Crippen LogP) is 4.97. The highest BCUT2D eigenvalue weighted by Crippen LogP contribution is 2.49. The molecule has 3 heteroatoms. The molecule has 0 aromatic rings. The van der Waals surface area contributed by atoms with E-state index in [2.05, 4.69) is 62.0 Å². The Kier molecular flexibility index (Phi) is 4.35. The van der Waals surface area contributed by atoms with Crippen LogP contribution in [0.15, 0.2) is 12.1 Å². The molecule has 19 heavy (non-hydrogen) atoms. The SMILES string of the molecule is C=C([B-]1(CCCC)OC(C)(C)C(C)(C)O1)C(C)(C)C. The highest BCUT2D eigenvalue weighted by Gasteiger charge is 2.53. The Morgan fingerprint density at radius 3 is 1.79 bits per heavy atom. The van der Waals surface area contributed by atoms with E-state index in [1.54, 1.807) is 0 Å². The van der Waals surface area contributed by atoms with E-state index in [9.17, 15) is 0 Å². The van der Waals surface area contributed by atoms with E-state index in [1.165, 1.54) is 0 Å². The number of rotatable bonds is 4. The van der Waals surface area contributed by atoms with Gasteiger partial charge in [0.2, 0.25) is 0 Å². The van der Waals surface area contributed by atoms with Gasteiger partial charge in [0.05, 0.1) is 0 Å². The van der Waals surface area contributed by atoms with E-state index in [1.807, 2.05) is 0 Å². The fraction of sp³-hybridized carbons (Fsp3) is 0.875. The molecule has 0 N–H and O–H groups in total. The van der Waals surface area contributed by atoms with Crippen molar-refractivity contribution in [3.63, 3.8) is 0 Å². The minimum absolute atomic E-state index is 0.00421. The molecular formula is C16H32BO2-. The molecule has 1 saturated heterocycles. The largest absolute Gasteiger partial charge is 0.558 e. The van der Waals surface area contributed by atoms with Gasteiger partial charge < -0.3 is 9.31 Å². The standard InChI is InChI=1S/C16H32BO2/c1-10-11-12-17(13(2)14(3,4)5)18-15(6,7)16(8,9)19-17/h2,10-12H2,1,3-9H3/q-1. The highest BCUT2D eigenvalue weighted by molar-refractivity contribution is 6.75. The first kappa shape index (κ1) is 16.8. The average Bonchev–Trinajstić information content (AvgIpc) is 2.40. The van der Waals surface area contributed by atoms with Crippen LogP contribution in [-0.2, 0) is 9.31 Å². The topological polar surface area (TPSA) is 18.5 Å². The Bertz CT molecular complexity index is 334. The average molecular weight is 267 g/mol. The van der Waals surface area contributed by atoms with E-state index in [-0.39, 0.29) is 16.6 Å². The van der Waals surface area contributed by atoms with E-state index < -0.39 is 6.55 Å². The monoisotopic (exact) mass is 267 g/mol. The molecule has 0 saturated carbocycles. The fourth-order valence-electron chi connectivity index (χ4n) is 2.83. The summed E-state index contributed by atoms with van der Waals surface area (Å²) in [5.41, 5.74) is 0.549. The van der Waals surface area contributed by atoms with Gasteiger partial charge in [0, 0.05) is 11.2 Å². The van der Waals surface area contributed by atoms with Crippen molar-refractivity contribution in [2.45, 2.75) is 85.8 Å². The van der Waals surface area contributed by atoms with Gasteiger partial charge in [0.25, 0.3) is 6.55 Å². The lowest BCUT2D eigenvalue weighted by atomic mass is 9.43. The number of hydrogen-bond acceptors (Lipinski definition) is 2. The quantitative estimate of drug-likeness (QED) is 0.669. The van der Waals surface area contributed by atoms with Crippen molar-refractivity contribution in [3.05, 3.63) is 12.1 Å². The van der Waals surface area contributed by atoms with Crippen molar-refractivity contribution < 1.29 is 9.31 Å². The summed E-state index contributed by atoms with van der Waals surface area (Å²) in [5, 5.41) is 0. The molecule has 0 bridgehead atoms. The number of hydrogen-bond donors (Lipinski definition) is 0. The van der Waals surface area contributed by atoms with Crippen molar-refractivity contribution in [1.82, 2.24) is 0 Å². The summed E-state index contributed by atoms with van der Waals surface area (Å²) in [4.78, 5) is 0. The minimum Gasteiger partial charge on any atom is -0.558 e. The van der Waals surface area contributed by atoms with Gasteiger partial charge in [0.1, 0.15) is 0 Å². The van der Waals surface area contributed by atoms with Crippen LogP contribution in [0.2, 0.25) is 6.32 Å². The summed E-state index contributed by atoms with van der Waals surface area (Å²) in [6.07, 6.45) is 3.20. The first-order valence-electron chi connectivity index (χ1n) is 7.64. The Morgan fingerprint density at radius 2 is 1.47 bits per heavy atom. The lowest BCUT2D eigenvalue weighted by molar-refractivity contribution is 0.00578. The predicted molar refractivity (Wildman–Crippen MR) is 84.4 cm³/mol. The molecule has 1 heterocycles. The summed E-state index contributed by atoms with van der Waals surface area (Å²) < 4.78 is 13.0. The highest BCUT2D eigenvalue weighted by atomic mass is 16.7. The van der Waals surface area contributed by atoms with E-state index >= 15 is 0 Å². The second-order valence-corrected chi connectivity index (χ2v) is 8.04. The Morgan fingerprint density at radius 1 is 1.05 bits per heavy atom. The maximum Gasteiger partial charge on any atom is 0.266 e. The minimum atomic E-state index is -1.41. The molecule has 0 amide bonds. The summed E-state index contributed by atoms with van der Waals surface area (Å²) in [6, 6.07) is 0. The molecule has 1 fully saturated rings. The summed E-state index contributed by atoms with van der Waals surface area (Å²) in [5.74, 6) is 0. The van der Waals surface area contributed by atoms with Crippen LogP contribution in [-0.4, -0.2) is 17.8 Å². The molecule has 0 aromatic heterocycles. The maximum atomic E-state index is 6.48. The van der Waals surface area contributed by atoms with Crippen LogP contribution in [0.25, 0.3) is 0 Å². The molecule has 0 unspecified atom stereocenters. The fourth-order valence-corrected chi connectivity index (χ4v) is 2.83. The number of unbranched alkanes of at least 4 members (excludes halogenated alkanes) is 1. The van der Waals surface area contributed by atoms with Gasteiger partial charge in [-0.1, -0.05) is 40.5 Å². The van der Waals surface area contributed by atoms with Gasteiger partial charge >= 0.3 is 0 Å². The van der Waals surface area contributed by atoms with Crippen molar-refractivity contribution in [3.8, 4) is 0 Å². The van der Waals surface area contributed by atoms with E-state index in [4.69, 9.17) is 9.31 Å². The zero-order valence-electron chi connectivity index (χ0n) is 14.2. The van der Waals surface area contributed by atoms with Gasteiger partial charge in [-0.3, -0.25) is 0 Å². The third-order valence-corrected chi connectivity index (χ3v) is 4.85. The molecular weight excluding hydrogens is 235 g/mol. The smallest absolute Gasteiger partial charge is 0.266 e. The van der Waals surface area contributed by atoms with Gasteiger partial charge in [-0.2, -0.15) is 5.47 Å². The van der Waals surface area contributed by atoms with Crippen LogP contribution < -0.4 is 0 Å². The zero-order chi connectivity index (χ0) is 15.1. The van der Waals surface area contributed by atoms with Crippen LogP contribution in [0.4, 0.5) is 0 Å². The van der Waals surface area contributed by atoms with Crippen LogP contribution in [0.5, 0.6) is 0 Å². The third kappa shape index (κ3) is 3.08. The van der Waals surface area contributed by atoms with Gasteiger partial charge in [-0.25, -0.2) is 0 Å². The lowest BCUT2D eigenvalue weighted by Gasteiger charge is -2.45. The van der Waals surface area contributed by atoms with Crippen molar-refractivity contribution in [2.24, 2.45) is 5.41 Å². The zero-order valence-corrected chi connectivity index (χ0v) is 14.2. The van der Waals surface area contributed by atoms with Crippen LogP contribution in [0.3, 0.4) is 0 Å².